The Balaban J connectivity index is 1.23. The first kappa shape index (κ1) is 18.5. The summed E-state index contributed by atoms with van der Waals surface area (Å²) >= 11 is 0. The minimum Gasteiger partial charge on any atom is -0.497 e. The molecule has 0 unspecified atom stereocenters. The van der Waals surface area contributed by atoms with Gasteiger partial charge in [-0.1, -0.05) is 5.16 Å². The summed E-state index contributed by atoms with van der Waals surface area (Å²) in [6.07, 6.45) is 3.43. The zero-order valence-corrected chi connectivity index (χ0v) is 16.9. The molecule has 0 bridgehead atoms. The number of hydrogen-bond acceptors (Lipinski definition) is 9. The normalized spacial score (nSPS) is 15.1. The van der Waals surface area contributed by atoms with Crippen LogP contribution in [0.25, 0.3) is 22.4 Å². The fraction of sp³-hybridized carbons (Fsp3) is 0.350. The van der Waals surface area contributed by atoms with Crippen LogP contribution < -0.4 is 9.64 Å². The average molecular weight is 406 g/mol. The summed E-state index contributed by atoms with van der Waals surface area (Å²) in [5.74, 6) is 2.94. The number of aryl methyl sites for hydroxylation is 1. The third-order valence-electron chi connectivity index (χ3n) is 5.36. The number of methoxy groups -OCH3 is 1. The molecular weight excluding hydrogens is 384 g/mol. The number of nitrogens with zero attached hydrogens (tertiary/aromatic N) is 8. The van der Waals surface area contributed by atoms with Gasteiger partial charge in [0.15, 0.2) is 5.65 Å². The van der Waals surface area contributed by atoms with E-state index in [9.17, 15) is 0 Å². The zero-order chi connectivity index (χ0) is 20.5. The topological polar surface area (TPSA) is 98.2 Å². The molecule has 10 nitrogen and oxygen atoms in total. The van der Waals surface area contributed by atoms with Crippen molar-refractivity contribution >= 4 is 16.9 Å². The van der Waals surface area contributed by atoms with Gasteiger partial charge < -0.3 is 14.2 Å². The van der Waals surface area contributed by atoms with Gasteiger partial charge in [0.25, 0.3) is 0 Å². The SMILES string of the molecule is COc1ccc(-c2noc(CN3CCN(c4ncnc5c4cnn5C)CC3)n2)cc1. The molecule has 4 aromatic rings. The van der Waals surface area contributed by atoms with E-state index < -0.39 is 0 Å². The molecule has 0 aliphatic carbocycles. The van der Waals surface area contributed by atoms with E-state index in [0.717, 1.165) is 54.3 Å². The van der Waals surface area contributed by atoms with Crippen LogP contribution in [0.1, 0.15) is 5.89 Å². The quantitative estimate of drug-likeness (QED) is 0.491. The standard InChI is InChI=1S/C20H22N8O2/c1-26-19-16(11-23-26)20(22-13-21-19)28-9-7-27(8-10-28)12-17-24-18(25-30-17)14-3-5-15(29-2)6-4-14/h3-6,11,13H,7-10,12H2,1-2H3. The zero-order valence-electron chi connectivity index (χ0n) is 16.9. The fourth-order valence-electron chi connectivity index (χ4n) is 3.69. The third kappa shape index (κ3) is 3.45. The molecule has 0 radical (unpaired) electrons. The van der Waals surface area contributed by atoms with Crippen molar-refractivity contribution < 1.29 is 9.26 Å². The number of hydrogen-bond donors (Lipinski definition) is 0. The van der Waals surface area contributed by atoms with Crippen molar-refractivity contribution in [1.82, 2.24) is 34.8 Å². The van der Waals surface area contributed by atoms with Crippen LogP contribution in [0, 0.1) is 0 Å². The van der Waals surface area contributed by atoms with Crippen LogP contribution in [0.5, 0.6) is 5.75 Å². The molecular formula is C20H22N8O2. The van der Waals surface area contributed by atoms with Crippen LogP contribution in [0.2, 0.25) is 0 Å². The Kier molecular flexibility index (Phi) is 4.75. The lowest BCUT2D eigenvalue weighted by Crippen LogP contribution is -2.46. The maximum atomic E-state index is 5.47. The lowest BCUT2D eigenvalue weighted by Gasteiger charge is -2.34. The molecule has 4 heterocycles. The van der Waals surface area contributed by atoms with Gasteiger partial charge in [-0.25, -0.2) is 9.97 Å². The van der Waals surface area contributed by atoms with Crippen molar-refractivity contribution in [2.45, 2.75) is 6.54 Å². The second-order valence-corrected chi connectivity index (χ2v) is 7.21. The highest BCUT2D eigenvalue weighted by Crippen LogP contribution is 2.24. The van der Waals surface area contributed by atoms with E-state index in [2.05, 4.69) is 35.0 Å². The van der Waals surface area contributed by atoms with E-state index in [4.69, 9.17) is 9.26 Å². The van der Waals surface area contributed by atoms with Crippen molar-refractivity contribution in [3.05, 3.63) is 42.7 Å². The van der Waals surface area contributed by atoms with E-state index in [1.165, 1.54) is 0 Å². The molecule has 154 valence electrons. The maximum Gasteiger partial charge on any atom is 0.241 e. The molecule has 3 aromatic heterocycles. The van der Waals surface area contributed by atoms with Gasteiger partial charge in [-0.2, -0.15) is 10.1 Å². The van der Waals surface area contributed by atoms with E-state index in [1.807, 2.05) is 37.5 Å². The monoisotopic (exact) mass is 406 g/mol. The van der Waals surface area contributed by atoms with E-state index >= 15 is 0 Å². The molecule has 5 rings (SSSR count). The Bertz CT molecular complexity index is 1150. The van der Waals surface area contributed by atoms with E-state index in [0.29, 0.717) is 18.3 Å². The Morgan fingerprint density at radius 2 is 1.87 bits per heavy atom. The molecule has 0 N–H and O–H groups in total. The molecule has 1 aliphatic rings. The summed E-state index contributed by atoms with van der Waals surface area (Å²) in [6, 6.07) is 7.62. The molecule has 0 saturated carbocycles. The number of fused-ring (bicyclic) bond motifs is 1. The number of piperazine rings is 1. The van der Waals surface area contributed by atoms with Crippen LogP contribution in [0.4, 0.5) is 5.82 Å². The van der Waals surface area contributed by atoms with Crippen LogP contribution in [0.3, 0.4) is 0 Å². The van der Waals surface area contributed by atoms with E-state index in [-0.39, 0.29) is 0 Å². The molecule has 1 fully saturated rings. The van der Waals surface area contributed by atoms with Gasteiger partial charge >= 0.3 is 0 Å². The van der Waals surface area contributed by atoms with Crippen molar-refractivity contribution in [1.29, 1.82) is 0 Å². The minimum absolute atomic E-state index is 0.589. The van der Waals surface area contributed by atoms with Gasteiger partial charge in [-0.05, 0) is 24.3 Å². The van der Waals surface area contributed by atoms with Gasteiger partial charge in [-0.3, -0.25) is 9.58 Å². The number of anilines is 1. The van der Waals surface area contributed by atoms with Crippen LogP contribution in [-0.4, -0.2) is 68.1 Å². The van der Waals surface area contributed by atoms with E-state index in [1.54, 1.807) is 18.1 Å². The minimum atomic E-state index is 0.589. The molecule has 0 atom stereocenters. The van der Waals surface area contributed by atoms with Gasteiger partial charge in [0.2, 0.25) is 11.7 Å². The fourth-order valence-corrected chi connectivity index (χ4v) is 3.69. The molecule has 10 heteroatoms. The summed E-state index contributed by atoms with van der Waals surface area (Å²) in [4.78, 5) is 17.9. The van der Waals surface area contributed by atoms with Gasteiger partial charge in [0.05, 0.1) is 25.2 Å². The number of ether oxygens (including phenoxy) is 1. The third-order valence-corrected chi connectivity index (χ3v) is 5.36. The first-order valence-corrected chi connectivity index (χ1v) is 9.78. The Hall–Kier alpha value is -3.53. The molecule has 0 spiro atoms. The first-order valence-electron chi connectivity index (χ1n) is 9.78. The Morgan fingerprint density at radius 1 is 1.07 bits per heavy atom. The average Bonchev–Trinajstić information content (AvgIpc) is 3.41. The molecule has 1 saturated heterocycles. The molecule has 1 aliphatic heterocycles. The summed E-state index contributed by atoms with van der Waals surface area (Å²) in [6.45, 7) is 4.11. The highest BCUT2D eigenvalue weighted by atomic mass is 16.5. The van der Waals surface area contributed by atoms with Crippen molar-refractivity contribution in [2.75, 3.05) is 38.2 Å². The summed E-state index contributed by atoms with van der Waals surface area (Å²) in [5.41, 5.74) is 1.75. The van der Waals surface area contributed by atoms with Gasteiger partial charge in [-0.15, -0.1) is 0 Å². The number of benzene rings is 1. The Morgan fingerprint density at radius 3 is 2.63 bits per heavy atom. The predicted octanol–water partition coefficient (Wildman–Crippen LogP) is 1.74. The summed E-state index contributed by atoms with van der Waals surface area (Å²) in [5, 5.41) is 9.40. The predicted molar refractivity (Wildman–Crippen MR) is 110 cm³/mol. The lowest BCUT2D eigenvalue weighted by atomic mass is 10.2. The maximum absolute atomic E-state index is 5.47. The number of rotatable bonds is 5. The molecule has 30 heavy (non-hydrogen) atoms. The molecule has 0 amide bonds. The largest absolute Gasteiger partial charge is 0.497 e. The second-order valence-electron chi connectivity index (χ2n) is 7.21. The smallest absolute Gasteiger partial charge is 0.241 e. The van der Waals surface area contributed by atoms with Crippen molar-refractivity contribution in [3.63, 3.8) is 0 Å². The second kappa shape index (κ2) is 7.71. The van der Waals surface area contributed by atoms with Gasteiger partial charge in [0.1, 0.15) is 17.9 Å². The van der Waals surface area contributed by atoms with Crippen LogP contribution in [0.15, 0.2) is 41.3 Å². The number of aromatic nitrogens is 6. The van der Waals surface area contributed by atoms with Crippen molar-refractivity contribution in [2.24, 2.45) is 7.05 Å². The lowest BCUT2D eigenvalue weighted by molar-refractivity contribution is 0.215. The Labute approximate surface area is 173 Å². The first-order chi connectivity index (χ1) is 14.7. The summed E-state index contributed by atoms with van der Waals surface area (Å²) < 4.78 is 12.4. The highest BCUT2D eigenvalue weighted by molar-refractivity contribution is 5.86. The van der Waals surface area contributed by atoms with Crippen LogP contribution in [-0.2, 0) is 13.6 Å². The molecule has 1 aromatic carbocycles. The van der Waals surface area contributed by atoms with Crippen LogP contribution >= 0.6 is 0 Å². The highest BCUT2D eigenvalue weighted by Gasteiger charge is 2.22. The van der Waals surface area contributed by atoms with Gasteiger partial charge in [0, 0.05) is 38.8 Å². The summed E-state index contributed by atoms with van der Waals surface area (Å²) in [7, 11) is 3.53. The van der Waals surface area contributed by atoms with Crippen molar-refractivity contribution in [3.8, 4) is 17.1 Å².